The summed E-state index contributed by atoms with van der Waals surface area (Å²) < 4.78 is 0. The summed E-state index contributed by atoms with van der Waals surface area (Å²) >= 11 is 0. The van der Waals surface area contributed by atoms with E-state index in [0.29, 0.717) is 0 Å². The molecule has 2 unspecified atom stereocenters. The van der Waals surface area contributed by atoms with E-state index in [1.807, 2.05) is 0 Å². The van der Waals surface area contributed by atoms with Crippen LogP contribution in [-0.2, 0) is 12.8 Å². The van der Waals surface area contributed by atoms with Crippen molar-refractivity contribution in [2.45, 2.75) is 51.4 Å². The van der Waals surface area contributed by atoms with E-state index < -0.39 is 0 Å². The van der Waals surface area contributed by atoms with E-state index >= 15 is 0 Å². The smallest absolute Gasteiger partial charge is 0.00174 e. The van der Waals surface area contributed by atoms with Gasteiger partial charge in [-0.05, 0) is 87.7 Å². The third kappa shape index (κ3) is 7.77. The van der Waals surface area contributed by atoms with E-state index in [2.05, 4.69) is 71.3 Å². The number of hydrogen-bond acceptors (Lipinski definition) is 2. The van der Waals surface area contributed by atoms with Gasteiger partial charge in [0.05, 0.1) is 0 Å². The second-order valence-corrected chi connectivity index (χ2v) is 8.39. The Morgan fingerprint density at radius 1 is 0.607 bits per heavy atom. The summed E-state index contributed by atoms with van der Waals surface area (Å²) in [6, 6.07) is 21.7. The fourth-order valence-electron chi connectivity index (χ4n) is 4.52. The highest BCUT2D eigenvalue weighted by atomic mass is 14.9. The monoisotopic (exact) mass is 378 g/mol. The molecule has 1 aliphatic rings. The zero-order valence-electron chi connectivity index (χ0n) is 17.4. The van der Waals surface area contributed by atoms with Crippen LogP contribution in [0.25, 0.3) is 0 Å². The van der Waals surface area contributed by atoms with Gasteiger partial charge in [-0.1, -0.05) is 73.5 Å². The van der Waals surface area contributed by atoms with Gasteiger partial charge in [-0.3, -0.25) is 0 Å². The van der Waals surface area contributed by atoms with Crippen LogP contribution in [0.3, 0.4) is 0 Å². The molecule has 0 aliphatic heterocycles. The standard InChI is InChI=1S/C26H38N2/c1-3-11-23(12-4-1)15-9-19-27-21-25-17-7-8-18-26(25)22-28-20-10-16-24-13-5-2-6-14-24/h1-6,11-14,25-28H,7-10,15-22H2. The summed E-state index contributed by atoms with van der Waals surface area (Å²) in [6.07, 6.45) is 10.5. The SMILES string of the molecule is c1ccc(CCCNCC2CCCCC2CNCCCc2ccccc2)cc1. The zero-order valence-corrected chi connectivity index (χ0v) is 17.4. The lowest BCUT2D eigenvalue weighted by Crippen LogP contribution is -2.37. The molecule has 0 saturated heterocycles. The van der Waals surface area contributed by atoms with E-state index in [0.717, 1.165) is 24.9 Å². The molecule has 0 heterocycles. The molecule has 0 bridgehead atoms. The quantitative estimate of drug-likeness (QED) is 0.494. The van der Waals surface area contributed by atoms with E-state index in [1.54, 1.807) is 0 Å². The first-order valence-electron chi connectivity index (χ1n) is 11.4. The lowest BCUT2D eigenvalue weighted by atomic mass is 9.79. The Kier molecular flexibility index (Phi) is 9.60. The van der Waals surface area contributed by atoms with Gasteiger partial charge in [0.25, 0.3) is 0 Å². The van der Waals surface area contributed by atoms with Crippen LogP contribution in [0.1, 0.15) is 49.7 Å². The van der Waals surface area contributed by atoms with Crippen molar-refractivity contribution in [3.8, 4) is 0 Å². The van der Waals surface area contributed by atoms with Crippen molar-refractivity contribution < 1.29 is 0 Å². The molecule has 2 aromatic rings. The normalized spacial score (nSPS) is 19.6. The van der Waals surface area contributed by atoms with E-state index in [4.69, 9.17) is 0 Å². The average Bonchev–Trinajstić information content (AvgIpc) is 2.76. The largest absolute Gasteiger partial charge is 0.316 e. The van der Waals surface area contributed by atoms with Gasteiger partial charge in [-0.15, -0.1) is 0 Å². The molecule has 0 aromatic heterocycles. The molecule has 0 radical (unpaired) electrons. The maximum Gasteiger partial charge on any atom is -0.00174 e. The van der Waals surface area contributed by atoms with Crippen molar-refractivity contribution in [1.29, 1.82) is 0 Å². The highest BCUT2D eigenvalue weighted by Gasteiger charge is 2.24. The molecule has 1 aliphatic carbocycles. The molecule has 1 saturated carbocycles. The number of nitrogens with one attached hydrogen (secondary N) is 2. The summed E-state index contributed by atoms with van der Waals surface area (Å²) in [5, 5.41) is 7.50. The molecular formula is C26H38N2. The minimum Gasteiger partial charge on any atom is -0.316 e. The van der Waals surface area contributed by atoms with E-state index in [-0.39, 0.29) is 0 Å². The van der Waals surface area contributed by atoms with Crippen LogP contribution in [0, 0.1) is 11.8 Å². The first kappa shape index (κ1) is 21.1. The Balaban J connectivity index is 1.27. The maximum absolute atomic E-state index is 3.75. The van der Waals surface area contributed by atoms with Gasteiger partial charge in [0.2, 0.25) is 0 Å². The Morgan fingerprint density at radius 3 is 1.46 bits per heavy atom. The van der Waals surface area contributed by atoms with Crippen molar-refractivity contribution in [3.05, 3.63) is 71.8 Å². The van der Waals surface area contributed by atoms with Crippen LogP contribution in [0.4, 0.5) is 0 Å². The van der Waals surface area contributed by atoms with Crippen LogP contribution in [0.15, 0.2) is 60.7 Å². The minimum absolute atomic E-state index is 0.854. The summed E-state index contributed by atoms with van der Waals surface area (Å²) in [5.41, 5.74) is 2.92. The summed E-state index contributed by atoms with van der Waals surface area (Å²) in [5.74, 6) is 1.71. The van der Waals surface area contributed by atoms with Crippen LogP contribution in [-0.4, -0.2) is 26.2 Å². The highest BCUT2D eigenvalue weighted by molar-refractivity contribution is 5.15. The van der Waals surface area contributed by atoms with Gasteiger partial charge in [0.15, 0.2) is 0 Å². The highest BCUT2D eigenvalue weighted by Crippen LogP contribution is 2.29. The Hall–Kier alpha value is -1.64. The first-order chi connectivity index (χ1) is 13.9. The molecule has 2 atom stereocenters. The second kappa shape index (κ2) is 12.7. The van der Waals surface area contributed by atoms with Crippen molar-refractivity contribution >= 4 is 0 Å². The Morgan fingerprint density at radius 2 is 1.04 bits per heavy atom. The fraction of sp³-hybridized carbons (Fsp3) is 0.538. The zero-order chi connectivity index (χ0) is 19.3. The third-order valence-corrected chi connectivity index (χ3v) is 6.20. The molecule has 28 heavy (non-hydrogen) atoms. The molecule has 2 N–H and O–H groups in total. The number of aryl methyl sites for hydroxylation is 2. The van der Waals surface area contributed by atoms with E-state index in [1.165, 1.54) is 75.6 Å². The molecule has 1 fully saturated rings. The molecule has 0 amide bonds. The maximum atomic E-state index is 3.75. The number of rotatable bonds is 12. The van der Waals surface area contributed by atoms with Crippen LogP contribution < -0.4 is 10.6 Å². The lowest BCUT2D eigenvalue weighted by Gasteiger charge is -2.32. The van der Waals surface area contributed by atoms with Gasteiger partial charge >= 0.3 is 0 Å². The molecular weight excluding hydrogens is 340 g/mol. The van der Waals surface area contributed by atoms with Gasteiger partial charge in [-0.25, -0.2) is 0 Å². The van der Waals surface area contributed by atoms with Crippen molar-refractivity contribution in [2.75, 3.05) is 26.2 Å². The molecule has 2 heteroatoms. The Bertz CT molecular complexity index is 568. The molecule has 3 rings (SSSR count). The predicted octanol–water partition coefficient (Wildman–Crippen LogP) is 5.24. The van der Waals surface area contributed by atoms with Gasteiger partial charge in [0, 0.05) is 0 Å². The average molecular weight is 379 g/mol. The molecule has 2 aromatic carbocycles. The van der Waals surface area contributed by atoms with Gasteiger partial charge < -0.3 is 10.6 Å². The number of benzene rings is 2. The molecule has 152 valence electrons. The van der Waals surface area contributed by atoms with Gasteiger partial charge in [-0.2, -0.15) is 0 Å². The minimum atomic E-state index is 0.854. The third-order valence-electron chi connectivity index (χ3n) is 6.20. The molecule has 2 nitrogen and oxygen atoms in total. The Labute approximate surface area is 172 Å². The number of hydrogen-bond donors (Lipinski definition) is 2. The fourth-order valence-corrected chi connectivity index (χ4v) is 4.52. The lowest BCUT2D eigenvalue weighted by molar-refractivity contribution is 0.223. The predicted molar refractivity (Wildman–Crippen MR) is 121 cm³/mol. The summed E-state index contributed by atoms with van der Waals surface area (Å²) in [7, 11) is 0. The van der Waals surface area contributed by atoms with Gasteiger partial charge in [0.1, 0.15) is 0 Å². The second-order valence-electron chi connectivity index (χ2n) is 8.39. The first-order valence-corrected chi connectivity index (χ1v) is 11.4. The molecule has 0 spiro atoms. The topological polar surface area (TPSA) is 24.1 Å². The van der Waals surface area contributed by atoms with Crippen LogP contribution in [0.2, 0.25) is 0 Å². The van der Waals surface area contributed by atoms with Crippen molar-refractivity contribution in [2.24, 2.45) is 11.8 Å². The van der Waals surface area contributed by atoms with E-state index in [9.17, 15) is 0 Å². The van der Waals surface area contributed by atoms with Crippen molar-refractivity contribution in [3.63, 3.8) is 0 Å². The summed E-state index contributed by atoms with van der Waals surface area (Å²) in [6.45, 7) is 4.68. The van der Waals surface area contributed by atoms with Crippen molar-refractivity contribution in [1.82, 2.24) is 10.6 Å². The van der Waals surface area contributed by atoms with Crippen LogP contribution >= 0.6 is 0 Å². The summed E-state index contributed by atoms with van der Waals surface area (Å²) in [4.78, 5) is 0. The van der Waals surface area contributed by atoms with Crippen LogP contribution in [0.5, 0.6) is 0 Å².